The Hall–Kier alpha value is 0.200. The summed E-state index contributed by atoms with van der Waals surface area (Å²) in [4.78, 5) is 2.35. The maximum Gasteiger partial charge on any atom is 0.0462 e. The summed E-state index contributed by atoms with van der Waals surface area (Å²) in [5.41, 5.74) is 7.03. The quantitative estimate of drug-likeness (QED) is 0.905. The van der Waals surface area contributed by atoms with E-state index >= 15 is 0 Å². The van der Waals surface area contributed by atoms with Crippen LogP contribution in [-0.2, 0) is 6.54 Å². The van der Waals surface area contributed by atoms with Gasteiger partial charge in [-0.1, -0.05) is 33.6 Å². The summed E-state index contributed by atoms with van der Waals surface area (Å²) in [6.07, 6.45) is 1.09. The van der Waals surface area contributed by atoms with Crippen LogP contribution in [-0.4, -0.2) is 24.0 Å². The monoisotopic (exact) mass is 324 g/mol. The fourth-order valence-electron chi connectivity index (χ4n) is 1.90. The molecule has 0 unspecified atom stereocenters. The van der Waals surface area contributed by atoms with Crippen LogP contribution < -0.4 is 5.73 Å². The molecule has 1 aliphatic heterocycles. The Morgan fingerprint density at radius 1 is 1.50 bits per heavy atom. The van der Waals surface area contributed by atoms with E-state index in [4.69, 9.17) is 17.3 Å². The normalized spacial score (nSPS) is 20.8. The van der Waals surface area contributed by atoms with Crippen molar-refractivity contribution in [2.75, 3.05) is 13.1 Å². The first-order chi connectivity index (χ1) is 7.15. The van der Waals surface area contributed by atoms with Crippen molar-refractivity contribution in [2.24, 2.45) is 5.73 Å². The lowest BCUT2D eigenvalue weighted by atomic mass is 10.2. The Morgan fingerprint density at radius 2 is 2.25 bits per heavy atom. The predicted molar refractivity (Wildman–Crippen MR) is 74.3 cm³/mol. The summed E-state index contributed by atoms with van der Waals surface area (Å²) in [6.45, 7) is 2.96. The van der Waals surface area contributed by atoms with Crippen molar-refractivity contribution in [3.05, 3.63) is 33.3 Å². The summed E-state index contributed by atoms with van der Waals surface area (Å²) in [6, 6.07) is 6.36. The average Bonchev–Trinajstić information content (AvgIpc) is 2.56. The summed E-state index contributed by atoms with van der Waals surface area (Å²) in [5.74, 6) is 0. The number of hydrogen-bond donors (Lipinski definition) is 1. The van der Waals surface area contributed by atoms with Crippen LogP contribution in [0.15, 0.2) is 22.7 Å². The first-order valence-corrected chi connectivity index (χ1v) is 6.24. The van der Waals surface area contributed by atoms with Gasteiger partial charge in [0.05, 0.1) is 0 Å². The zero-order valence-electron chi connectivity index (χ0n) is 8.83. The van der Waals surface area contributed by atoms with Gasteiger partial charge >= 0.3 is 0 Å². The number of likely N-dealkylation sites (tertiary alicyclic amines) is 1. The van der Waals surface area contributed by atoms with Crippen molar-refractivity contribution in [3.8, 4) is 0 Å². The Bertz CT molecular complexity index is 360. The maximum atomic E-state index is 6.16. The second-order valence-corrected chi connectivity index (χ2v) is 5.34. The molecule has 90 valence electrons. The number of rotatable bonds is 2. The highest BCUT2D eigenvalue weighted by atomic mass is 79.9. The standard InChI is InChI=1S/C11H14BrClN2.ClH/c12-9-2-1-8(11(13)5-9)6-15-4-3-10(14)7-15;/h1-2,5,10H,3-4,6-7,14H2;1H/t10-;/m1./s1. The Balaban J connectivity index is 0.00000128. The van der Waals surface area contributed by atoms with Crippen LogP contribution in [0.4, 0.5) is 0 Å². The fourth-order valence-corrected chi connectivity index (χ4v) is 2.63. The lowest BCUT2D eigenvalue weighted by Crippen LogP contribution is -2.26. The van der Waals surface area contributed by atoms with Crippen molar-refractivity contribution >= 4 is 39.9 Å². The molecule has 1 aliphatic rings. The topological polar surface area (TPSA) is 29.3 Å². The van der Waals surface area contributed by atoms with E-state index in [2.05, 4.69) is 26.9 Å². The van der Waals surface area contributed by atoms with Gasteiger partial charge in [0.1, 0.15) is 0 Å². The molecule has 2 N–H and O–H groups in total. The summed E-state index contributed by atoms with van der Waals surface area (Å²) in [5, 5.41) is 0.824. The number of hydrogen-bond acceptors (Lipinski definition) is 2. The van der Waals surface area contributed by atoms with Gasteiger partial charge in [-0.05, 0) is 24.1 Å². The van der Waals surface area contributed by atoms with E-state index in [-0.39, 0.29) is 12.4 Å². The number of nitrogens with zero attached hydrogens (tertiary/aromatic N) is 1. The minimum atomic E-state index is 0. The molecule has 2 rings (SSSR count). The Morgan fingerprint density at radius 3 is 2.81 bits per heavy atom. The second-order valence-electron chi connectivity index (χ2n) is 4.02. The molecule has 5 heteroatoms. The minimum Gasteiger partial charge on any atom is -0.326 e. The van der Waals surface area contributed by atoms with Crippen LogP contribution in [0.2, 0.25) is 5.02 Å². The number of halogens is 3. The molecule has 2 nitrogen and oxygen atoms in total. The van der Waals surface area contributed by atoms with Crippen molar-refractivity contribution in [1.29, 1.82) is 0 Å². The highest BCUT2D eigenvalue weighted by Gasteiger charge is 2.19. The van der Waals surface area contributed by atoms with E-state index < -0.39 is 0 Å². The van der Waals surface area contributed by atoms with Crippen molar-refractivity contribution in [1.82, 2.24) is 4.90 Å². The average molecular weight is 326 g/mol. The first kappa shape index (κ1) is 14.3. The molecule has 1 fully saturated rings. The van der Waals surface area contributed by atoms with E-state index in [1.165, 1.54) is 5.56 Å². The van der Waals surface area contributed by atoms with Gasteiger partial charge in [0.15, 0.2) is 0 Å². The van der Waals surface area contributed by atoms with E-state index in [9.17, 15) is 0 Å². The zero-order valence-corrected chi connectivity index (χ0v) is 12.0. The largest absolute Gasteiger partial charge is 0.326 e. The molecular formula is C11H15BrCl2N2. The Kier molecular flexibility index (Phi) is 5.54. The van der Waals surface area contributed by atoms with Crippen molar-refractivity contribution in [2.45, 2.75) is 19.0 Å². The van der Waals surface area contributed by atoms with E-state index in [0.717, 1.165) is 35.6 Å². The molecule has 0 radical (unpaired) electrons. The van der Waals surface area contributed by atoms with E-state index in [1.807, 2.05) is 12.1 Å². The molecular weight excluding hydrogens is 311 g/mol. The van der Waals surface area contributed by atoms with Gasteiger partial charge in [-0.25, -0.2) is 0 Å². The van der Waals surface area contributed by atoms with Gasteiger partial charge in [-0.15, -0.1) is 12.4 Å². The third-order valence-electron chi connectivity index (χ3n) is 2.72. The van der Waals surface area contributed by atoms with Gasteiger partial charge in [0.2, 0.25) is 0 Å². The maximum absolute atomic E-state index is 6.16. The van der Waals surface area contributed by atoms with Crippen LogP contribution in [0.3, 0.4) is 0 Å². The second kappa shape index (κ2) is 6.22. The number of nitrogens with two attached hydrogens (primary N) is 1. The summed E-state index contributed by atoms with van der Waals surface area (Å²) < 4.78 is 1.02. The molecule has 1 atom stereocenters. The fraction of sp³-hybridized carbons (Fsp3) is 0.455. The minimum absolute atomic E-state index is 0. The highest BCUT2D eigenvalue weighted by Crippen LogP contribution is 2.23. The molecule has 0 aromatic heterocycles. The van der Waals surface area contributed by atoms with Crippen LogP contribution in [0.1, 0.15) is 12.0 Å². The SMILES string of the molecule is Cl.N[C@@H]1CCN(Cc2ccc(Br)cc2Cl)C1. The van der Waals surface area contributed by atoms with Gasteiger partial charge in [0, 0.05) is 35.2 Å². The molecule has 1 saturated heterocycles. The van der Waals surface area contributed by atoms with Gasteiger partial charge in [-0.3, -0.25) is 4.90 Å². The van der Waals surface area contributed by atoms with Crippen molar-refractivity contribution < 1.29 is 0 Å². The van der Waals surface area contributed by atoms with Gasteiger partial charge < -0.3 is 5.73 Å². The molecule has 0 amide bonds. The molecule has 1 aromatic rings. The number of benzene rings is 1. The molecule has 16 heavy (non-hydrogen) atoms. The molecule has 1 aromatic carbocycles. The Labute approximate surface area is 116 Å². The van der Waals surface area contributed by atoms with E-state index in [1.54, 1.807) is 0 Å². The van der Waals surface area contributed by atoms with Crippen LogP contribution in [0.25, 0.3) is 0 Å². The summed E-state index contributed by atoms with van der Waals surface area (Å²) >= 11 is 9.56. The first-order valence-electron chi connectivity index (χ1n) is 5.07. The van der Waals surface area contributed by atoms with Crippen LogP contribution in [0.5, 0.6) is 0 Å². The highest BCUT2D eigenvalue weighted by molar-refractivity contribution is 9.10. The third-order valence-corrected chi connectivity index (χ3v) is 3.56. The third kappa shape index (κ3) is 3.60. The van der Waals surface area contributed by atoms with Crippen LogP contribution >= 0.6 is 39.9 Å². The summed E-state index contributed by atoms with van der Waals surface area (Å²) in [7, 11) is 0. The smallest absolute Gasteiger partial charge is 0.0462 e. The molecule has 0 spiro atoms. The predicted octanol–water partition coefficient (Wildman–Crippen LogP) is 3.06. The molecule has 0 aliphatic carbocycles. The van der Waals surface area contributed by atoms with Crippen LogP contribution in [0, 0.1) is 0 Å². The van der Waals surface area contributed by atoms with Gasteiger partial charge in [-0.2, -0.15) is 0 Å². The molecule has 0 bridgehead atoms. The van der Waals surface area contributed by atoms with Gasteiger partial charge in [0.25, 0.3) is 0 Å². The van der Waals surface area contributed by atoms with E-state index in [0.29, 0.717) is 6.04 Å². The lowest BCUT2D eigenvalue weighted by molar-refractivity contribution is 0.327. The lowest BCUT2D eigenvalue weighted by Gasteiger charge is -2.16. The van der Waals surface area contributed by atoms with Crippen molar-refractivity contribution in [3.63, 3.8) is 0 Å². The molecule has 0 saturated carbocycles. The molecule has 1 heterocycles. The zero-order chi connectivity index (χ0) is 10.8.